The smallest absolute Gasteiger partial charge is 0.236 e. The minimum Gasteiger partial charge on any atom is -0.507 e. The molecule has 0 unspecified atom stereocenters. The number of phenols is 1. The number of aromatic hydroxyl groups is 1. The molecule has 0 aliphatic rings. The molecule has 1 amide bonds. The molecule has 0 saturated carbocycles. The first-order chi connectivity index (χ1) is 15.4. The summed E-state index contributed by atoms with van der Waals surface area (Å²) in [7, 11) is 0. The minimum atomic E-state index is -0.178. The third kappa shape index (κ3) is 5.26. The minimum absolute atomic E-state index is 0.172. The Labute approximate surface area is 198 Å². The fourth-order valence-electron chi connectivity index (χ4n) is 2.92. The van der Waals surface area contributed by atoms with Crippen LogP contribution in [0.1, 0.15) is 16.7 Å². The number of nitrogens with zero attached hydrogens (tertiary/aromatic N) is 3. The predicted molar refractivity (Wildman–Crippen MR) is 132 cm³/mol. The van der Waals surface area contributed by atoms with Gasteiger partial charge in [0.15, 0.2) is 9.47 Å². The van der Waals surface area contributed by atoms with Gasteiger partial charge in [-0.3, -0.25) is 4.79 Å². The Balaban J connectivity index is 1.32. The molecule has 0 bridgehead atoms. The molecule has 2 aromatic carbocycles. The van der Waals surface area contributed by atoms with Crippen LogP contribution < -0.4 is 10.6 Å². The van der Waals surface area contributed by atoms with Crippen molar-refractivity contribution >= 4 is 56.3 Å². The van der Waals surface area contributed by atoms with Gasteiger partial charge in [0.05, 0.1) is 11.4 Å². The first-order valence-electron chi connectivity index (χ1n) is 9.74. The van der Waals surface area contributed by atoms with Crippen LogP contribution in [0.2, 0.25) is 0 Å². The lowest BCUT2D eigenvalue weighted by Crippen LogP contribution is -2.13. The van der Waals surface area contributed by atoms with E-state index in [0.717, 1.165) is 16.8 Å². The molecule has 0 radical (unpaired) electrons. The first kappa shape index (κ1) is 22.3. The van der Waals surface area contributed by atoms with Crippen LogP contribution in [0.5, 0.6) is 5.75 Å². The molecule has 3 N–H and O–H groups in total. The van der Waals surface area contributed by atoms with Crippen LogP contribution in [0.15, 0.2) is 46.1 Å². The van der Waals surface area contributed by atoms with Gasteiger partial charge in [-0.2, -0.15) is 0 Å². The van der Waals surface area contributed by atoms with Crippen LogP contribution in [0, 0.1) is 20.8 Å². The number of hydrogen-bond acceptors (Lipinski definition) is 9. The van der Waals surface area contributed by atoms with Gasteiger partial charge >= 0.3 is 0 Å². The SMILES string of the molecule is Cc1ccc(-c2csc(NC(=O)CSc3nnc(Nc4cccc(C)c4C)s3)n2)c(O)c1. The average molecular weight is 484 g/mol. The van der Waals surface area contributed by atoms with E-state index in [0.29, 0.717) is 25.9 Å². The van der Waals surface area contributed by atoms with Gasteiger partial charge in [-0.15, -0.1) is 21.5 Å². The predicted octanol–water partition coefficient (Wildman–Crippen LogP) is 5.77. The summed E-state index contributed by atoms with van der Waals surface area (Å²) in [5, 5.41) is 27.5. The Morgan fingerprint density at radius 1 is 1.12 bits per heavy atom. The van der Waals surface area contributed by atoms with E-state index < -0.39 is 0 Å². The van der Waals surface area contributed by atoms with Crippen molar-refractivity contribution in [1.29, 1.82) is 0 Å². The van der Waals surface area contributed by atoms with Crippen LogP contribution in [0.25, 0.3) is 11.3 Å². The van der Waals surface area contributed by atoms with Crippen molar-refractivity contribution in [3.05, 3.63) is 58.5 Å². The molecule has 0 saturated heterocycles. The molecule has 7 nitrogen and oxygen atoms in total. The van der Waals surface area contributed by atoms with E-state index >= 15 is 0 Å². The van der Waals surface area contributed by atoms with Gasteiger partial charge in [0.1, 0.15) is 5.75 Å². The standard InChI is InChI=1S/C22H21N5O2S3/c1-12-7-8-15(18(28)9-12)17-10-30-20(24-17)25-19(29)11-31-22-27-26-21(32-22)23-16-6-4-5-13(2)14(16)3/h4-10,28H,11H2,1-3H3,(H,23,26)(H,24,25,29). The molecular formula is C22H21N5O2S3. The molecule has 164 valence electrons. The van der Waals surface area contributed by atoms with Gasteiger partial charge in [0.25, 0.3) is 0 Å². The Bertz CT molecular complexity index is 1270. The molecule has 0 aliphatic heterocycles. The van der Waals surface area contributed by atoms with Crippen LogP contribution in [-0.2, 0) is 4.79 Å². The molecule has 0 aliphatic carbocycles. The number of carbonyl (C=O) groups is 1. The number of phenolic OH excluding ortho intramolecular Hbond substituents is 1. The van der Waals surface area contributed by atoms with E-state index in [4.69, 9.17) is 0 Å². The highest BCUT2D eigenvalue weighted by Crippen LogP contribution is 2.33. The van der Waals surface area contributed by atoms with Crippen molar-refractivity contribution in [3.8, 4) is 17.0 Å². The largest absolute Gasteiger partial charge is 0.507 e. The molecule has 4 aromatic rings. The highest BCUT2D eigenvalue weighted by molar-refractivity contribution is 8.01. The third-order valence-corrected chi connectivity index (χ3v) is 7.49. The van der Waals surface area contributed by atoms with Crippen LogP contribution >= 0.6 is 34.4 Å². The molecule has 4 rings (SSSR count). The number of hydrogen-bond donors (Lipinski definition) is 3. The second kappa shape index (κ2) is 9.68. The zero-order valence-corrected chi connectivity index (χ0v) is 20.1. The summed E-state index contributed by atoms with van der Waals surface area (Å²) >= 11 is 4.04. The molecule has 0 atom stereocenters. The van der Waals surface area contributed by atoms with Crippen molar-refractivity contribution in [3.63, 3.8) is 0 Å². The summed E-state index contributed by atoms with van der Waals surface area (Å²) in [6.07, 6.45) is 0. The topological polar surface area (TPSA) is 100 Å². The Morgan fingerprint density at radius 2 is 1.97 bits per heavy atom. The number of aromatic nitrogens is 3. The van der Waals surface area contributed by atoms with Gasteiger partial charge in [-0.05, 0) is 55.7 Å². The fourth-order valence-corrected chi connectivity index (χ4v) is 5.21. The van der Waals surface area contributed by atoms with Crippen molar-refractivity contribution in [2.45, 2.75) is 25.1 Å². The quantitative estimate of drug-likeness (QED) is 0.287. The molecule has 10 heteroatoms. The maximum Gasteiger partial charge on any atom is 0.236 e. The number of thioether (sulfide) groups is 1. The molecule has 32 heavy (non-hydrogen) atoms. The van der Waals surface area contributed by atoms with Gasteiger partial charge in [-0.25, -0.2) is 4.98 Å². The summed E-state index contributed by atoms with van der Waals surface area (Å²) < 4.78 is 0.706. The van der Waals surface area contributed by atoms with E-state index in [1.54, 1.807) is 6.07 Å². The zero-order chi connectivity index (χ0) is 22.7. The Kier molecular flexibility index (Phi) is 6.73. The van der Waals surface area contributed by atoms with Crippen molar-refractivity contribution in [1.82, 2.24) is 15.2 Å². The maximum absolute atomic E-state index is 12.3. The fraction of sp³-hybridized carbons (Fsp3) is 0.182. The van der Waals surface area contributed by atoms with Crippen LogP contribution in [0.3, 0.4) is 0 Å². The number of rotatable bonds is 7. The lowest BCUT2D eigenvalue weighted by atomic mass is 10.1. The Morgan fingerprint density at radius 3 is 2.78 bits per heavy atom. The average Bonchev–Trinajstić information content (AvgIpc) is 3.39. The first-order valence-corrected chi connectivity index (χ1v) is 12.4. The number of amides is 1. The van der Waals surface area contributed by atoms with Crippen molar-refractivity contribution in [2.75, 3.05) is 16.4 Å². The molecule has 2 heterocycles. The lowest BCUT2D eigenvalue weighted by Gasteiger charge is -2.08. The summed E-state index contributed by atoms with van der Waals surface area (Å²) in [5.41, 5.74) is 5.60. The highest BCUT2D eigenvalue weighted by atomic mass is 32.2. The summed E-state index contributed by atoms with van der Waals surface area (Å²) in [6.45, 7) is 6.03. The summed E-state index contributed by atoms with van der Waals surface area (Å²) in [4.78, 5) is 16.8. The number of thiazole rings is 1. The van der Waals surface area contributed by atoms with E-state index in [1.807, 2.05) is 36.6 Å². The normalized spacial score (nSPS) is 10.8. The zero-order valence-electron chi connectivity index (χ0n) is 17.7. The molecule has 0 fully saturated rings. The van der Waals surface area contributed by atoms with E-state index in [2.05, 4.69) is 45.7 Å². The second-order valence-corrected chi connectivity index (χ2v) is 10.2. The number of aryl methyl sites for hydroxylation is 2. The molecular weight excluding hydrogens is 462 g/mol. The maximum atomic E-state index is 12.3. The molecule has 0 spiro atoms. The van der Waals surface area contributed by atoms with E-state index in [-0.39, 0.29) is 17.4 Å². The monoisotopic (exact) mass is 483 g/mol. The van der Waals surface area contributed by atoms with Crippen molar-refractivity contribution in [2.24, 2.45) is 0 Å². The van der Waals surface area contributed by atoms with Crippen LogP contribution in [0.4, 0.5) is 16.0 Å². The number of anilines is 3. The summed E-state index contributed by atoms with van der Waals surface area (Å²) in [6, 6.07) is 11.5. The number of nitrogens with one attached hydrogen (secondary N) is 2. The third-order valence-electron chi connectivity index (χ3n) is 4.76. The van der Waals surface area contributed by atoms with Gasteiger partial charge in [0.2, 0.25) is 11.0 Å². The lowest BCUT2D eigenvalue weighted by molar-refractivity contribution is -0.113. The molecule has 2 aromatic heterocycles. The number of carbonyl (C=O) groups excluding carboxylic acids is 1. The highest BCUT2D eigenvalue weighted by Gasteiger charge is 2.13. The van der Waals surface area contributed by atoms with Gasteiger partial charge in [0, 0.05) is 16.6 Å². The summed E-state index contributed by atoms with van der Waals surface area (Å²) in [5.74, 6) is 0.191. The van der Waals surface area contributed by atoms with Gasteiger partial charge in [-0.1, -0.05) is 41.3 Å². The van der Waals surface area contributed by atoms with Crippen molar-refractivity contribution < 1.29 is 9.90 Å². The Hall–Kier alpha value is -2.95. The van der Waals surface area contributed by atoms with E-state index in [9.17, 15) is 9.90 Å². The van der Waals surface area contributed by atoms with Crippen LogP contribution in [-0.4, -0.2) is 31.9 Å². The number of benzene rings is 2. The van der Waals surface area contributed by atoms with Gasteiger partial charge < -0.3 is 15.7 Å². The second-order valence-electron chi connectivity index (χ2n) is 7.14. The van der Waals surface area contributed by atoms with E-state index in [1.165, 1.54) is 40.0 Å².